The maximum atomic E-state index is 12.9. The summed E-state index contributed by atoms with van der Waals surface area (Å²) in [5.41, 5.74) is 6.11. The fraction of sp³-hybridized carbons (Fsp3) is 0.571. The van der Waals surface area contributed by atoms with Gasteiger partial charge in [0.2, 0.25) is 0 Å². The maximum Gasteiger partial charge on any atom is 0.123 e. The Morgan fingerprint density at radius 2 is 2.11 bits per heavy atom. The summed E-state index contributed by atoms with van der Waals surface area (Å²) in [5.74, 6) is 0.468. The zero-order valence-corrected chi connectivity index (χ0v) is 11.1. The van der Waals surface area contributed by atoms with Gasteiger partial charge in [0.05, 0.1) is 13.2 Å². The van der Waals surface area contributed by atoms with Crippen molar-refractivity contribution in [2.45, 2.75) is 38.6 Å². The number of unbranched alkanes of at least 4 members (excludes halogenated alkanes) is 1. The normalized spacial score (nSPS) is 14.3. The standard InChI is InChI=1S/C14H22FNO2/c1-11-9-12(15)5-6-13(11)18-8-4-3-7-14(2,16)10-17/h5-6,9,17H,3-4,7-8,10,16H2,1-2H3. The second kappa shape index (κ2) is 6.71. The van der Waals surface area contributed by atoms with Crippen molar-refractivity contribution in [3.8, 4) is 5.75 Å². The third-order valence-corrected chi connectivity index (χ3v) is 2.90. The fourth-order valence-corrected chi connectivity index (χ4v) is 1.67. The smallest absolute Gasteiger partial charge is 0.123 e. The van der Waals surface area contributed by atoms with Crippen LogP contribution in [0.5, 0.6) is 5.75 Å². The summed E-state index contributed by atoms with van der Waals surface area (Å²) in [6.45, 7) is 4.22. The molecule has 0 amide bonds. The second-order valence-electron chi connectivity index (χ2n) is 5.03. The van der Waals surface area contributed by atoms with Crippen LogP contribution in [0.25, 0.3) is 0 Å². The molecule has 18 heavy (non-hydrogen) atoms. The molecule has 0 bridgehead atoms. The zero-order valence-electron chi connectivity index (χ0n) is 11.1. The van der Waals surface area contributed by atoms with Gasteiger partial charge in [-0.1, -0.05) is 0 Å². The Balaban J connectivity index is 2.26. The molecule has 3 N–H and O–H groups in total. The van der Waals surface area contributed by atoms with Crippen LogP contribution in [0.3, 0.4) is 0 Å². The van der Waals surface area contributed by atoms with Crippen molar-refractivity contribution in [2.75, 3.05) is 13.2 Å². The summed E-state index contributed by atoms with van der Waals surface area (Å²) in [7, 11) is 0. The highest BCUT2D eigenvalue weighted by atomic mass is 19.1. The van der Waals surface area contributed by atoms with Crippen molar-refractivity contribution in [1.29, 1.82) is 0 Å². The van der Waals surface area contributed by atoms with Gasteiger partial charge in [0.1, 0.15) is 11.6 Å². The van der Waals surface area contributed by atoms with E-state index in [1.807, 2.05) is 13.8 Å². The number of ether oxygens (including phenoxy) is 1. The molecule has 1 atom stereocenters. The van der Waals surface area contributed by atoms with Crippen molar-refractivity contribution in [3.63, 3.8) is 0 Å². The summed E-state index contributed by atoms with van der Waals surface area (Å²) < 4.78 is 18.4. The lowest BCUT2D eigenvalue weighted by Gasteiger charge is -2.21. The Morgan fingerprint density at radius 1 is 1.39 bits per heavy atom. The van der Waals surface area contributed by atoms with Crippen molar-refractivity contribution in [2.24, 2.45) is 5.73 Å². The lowest BCUT2D eigenvalue weighted by atomic mass is 9.97. The van der Waals surface area contributed by atoms with E-state index in [0.29, 0.717) is 12.4 Å². The van der Waals surface area contributed by atoms with Gasteiger partial charge in [-0.15, -0.1) is 0 Å². The highest BCUT2D eigenvalue weighted by Gasteiger charge is 2.15. The first-order valence-electron chi connectivity index (χ1n) is 6.23. The van der Waals surface area contributed by atoms with Crippen molar-refractivity contribution >= 4 is 0 Å². The summed E-state index contributed by atoms with van der Waals surface area (Å²) in [6.07, 6.45) is 2.52. The van der Waals surface area contributed by atoms with Gasteiger partial charge >= 0.3 is 0 Å². The first-order valence-corrected chi connectivity index (χ1v) is 6.23. The van der Waals surface area contributed by atoms with E-state index < -0.39 is 5.54 Å². The largest absolute Gasteiger partial charge is 0.493 e. The van der Waals surface area contributed by atoms with E-state index in [9.17, 15) is 4.39 Å². The number of rotatable bonds is 7. The molecule has 0 aliphatic heterocycles. The van der Waals surface area contributed by atoms with Gasteiger partial charge < -0.3 is 15.6 Å². The minimum Gasteiger partial charge on any atom is -0.493 e. The molecule has 3 nitrogen and oxygen atoms in total. The Morgan fingerprint density at radius 3 is 2.72 bits per heavy atom. The quantitative estimate of drug-likeness (QED) is 0.736. The predicted molar refractivity (Wildman–Crippen MR) is 70.2 cm³/mol. The second-order valence-corrected chi connectivity index (χ2v) is 5.03. The van der Waals surface area contributed by atoms with E-state index in [-0.39, 0.29) is 12.4 Å². The molecule has 1 aromatic rings. The van der Waals surface area contributed by atoms with Crippen LogP contribution < -0.4 is 10.5 Å². The average molecular weight is 255 g/mol. The van der Waals surface area contributed by atoms with Crippen LogP contribution >= 0.6 is 0 Å². The molecule has 4 heteroatoms. The fourth-order valence-electron chi connectivity index (χ4n) is 1.67. The van der Waals surface area contributed by atoms with Crippen LogP contribution in [-0.2, 0) is 0 Å². The van der Waals surface area contributed by atoms with E-state index in [1.54, 1.807) is 6.07 Å². The molecule has 0 saturated carbocycles. The molecule has 0 saturated heterocycles. The number of aliphatic hydroxyl groups excluding tert-OH is 1. The zero-order chi connectivity index (χ0) is 13.6. The molecule has 102 valence electrons. The summed E-state index contributed by atoms with van der Waals surface area (Å²) in [6, 6.07) is 4.49. The summed E-state index contributed by atoms with van der Waals surface area (Å²) >= 11 is 0. The van der Waals surface area contributed by atoms with E-state index in [4.69, 9.17) is 15.6 Å². The topological polar surface area (TPSA) is 55.5 Å². The van der Waals surface area contributed by atoms with Crippen LogP contribution in [0, 0.1) is 12.7 Å². The number of hydrogen-bond donors (Lipinski definition) is 2. The van der Waals surface area contributed by atoms with Crippen LogP contribution in [0.15, 0.2) is 18.2 Å². The Labute approximate surface area is 108 Å². The highest BCUT2D eigenvalue weighted by Crippen LogP contribution is 2.19. The number of nitrogens with two attached hydrogens (primary N) is 1. The van der Waals surface area contributed by atoms with Crippen LogP contribution in [0.2, 0.25) is 0 Å². The minimum atomic E-state index is -0.508. The van der Waals surface area contributed by atoms with Crippen molar-refractivity contribution < 1.29 is 14.2 Å². The SMILES string of the molecule is Cc1cc(F)ccc1OCCCCC(C)(N)CO. The molecular weight excluding hydrogens is 233 g/mol. The monoisotopic (exact) mass is 255 g/mol. The minimum absolute atomic E-state index is 0.00900. The number of aryl methyl sites for hydroxylation is 1. The van der Waals surface area contributed by atoms with E-state index in [1.165, 1.54) is 12.1 Å². The maximum absolute atomic E-state index is 12.9. The number of halogens is 1. The molecule has 0 aliphatic rings. The predicted octanol–water partition coefficient (Wildman–Crippen LogP) is 2.39. The molecule has 0 fully saturated rings. The van der Waals surface area contributed by atoms with Crippen LogP contribution in [-0.4, -0.2) is 23.9 Å². The third-order valence-electron chi connectivity index (χ3n) is 2.90. The van der Waals surface area contributed by atoms with Crippen molar-refractivity contribution in [1.82, 2.24) is 0 Å². The van der Waals surface area contributed by atoms with E-state index in [0.717, 1.165) is 24.8 Å². The first-order chi connectivity index (χ1) is 8.44. The Hall–Kier alpha value is -1.13. The number of benzene rings is 1. The van der Waals surface area contributed by atoms with Gasteiger partial charge in [-0.05, 0) is 56.9 Å². The molecule has 0 radical (unpaired) electrons. The molecule has 0 aliphatic carbocycles. The molecule has 1 aromatic carbocycles. The summed E-state index contributed by atoms with van der Waals surface area (Å²) in [5, 5.41) is 9.00. The average Bonchev–Trinajstić information content (AvgIpc) is 2.31. The number of aliphatic hydroxyl groups is 1. The lowest BCUT2D eigenvalue weighted by molar-refractivity contribution is 0.194. The van der Waals surface area contributed by atoms with Gasteiger partial charge in [-0.3, -0.25) is 0 Å². The van der Waals surface area contributed by atoms with Crippen LogP contribution in [0.1, 0.15) is 31.7 Å². The van der Waals surface area contributed by atoms with Gasteiger partial charge in [-0.25, -0.2) is 4.39 Å². The molecular formula is C14H22FNO2. The van der Waals surface area contributed by atoms with Crippen molar-refractivity contribution in [3.05, 3.63) is 29.6 Å². The lowest BCUT2D eigenvalue weighted by Crippen LogP contribution is -2.39. The Kier molecular flexibility index (Phi) is 5.56. The van der Waals surface area contributed by atoms with Gasteiger partial charge in [0, 0.05) is 5.54 Å². The van der Waals surface area contributed by atoms with Gasteiger partial charge in [0.25, 0.3) is 0 Å². The summed E-state index contributed by atoms with van der Waals surface area (Å²) in [4.78, 5) is 0. The molecule has 1 rings (SSSR count). The molecule has 0 spiro atoms. The van der Waals surface area contributed by atoms with E-state index in [2.05, 4.69) is 0 Å². The number of hydrogen-bond acceptors (Lipinski definition) is 3. The third kappa shape index (κ3) is 5.02. The Bertz CT molecular complexity index is 380. The molecule has 1 unspecified atom stereocenters. The van der Waals surface area contributed by atoms with Crippen LogP contribution in [0.4, 0.5) is 4.39 Å². The molecule has 0 heterocycles. The highest BCUT2D eigenvalue weighted by molar-refractivity contribution is 5.32. The van der Waals surface area contributed by atoms with Gasteiger partial charge in [-0.2, -0.15) is 0 Å². The molecule has 0 aromatic heterocycles. The van der Waals surface area contributed by atoms with Gasteiger partial charge in [0.15, 0.2) is 0 Å². The first kappa shape index (κ1) is 14.9. The van der Waals surface area contributed by atoms with E-state index >= 15 is 0 Å².